The van der Waals surface area contributed by atoms with Gasteiger partial charge in [0.15, 0.2) is 5.96 Å². The van der Waals surface area contributed by atoms with Crippen molar-refractivity contribution < 1.29 is 0 Å². The van der Waals surface area contributed by atoms with Crippen LogP contribution in [0.1, 0.15) is 39.2 Å². The summed E-state index contributed by atoms with van der Waals surface area (Å²) < 4.78 is 1.89. The molecule has 6 heteroatoms. The van der Waals surface area contributed by atoms with Crippen LogP contribution in [0.3, 0.4) is 0 Å². The van der Waals surface area contributed by atoms with Gasteiger partial charge in [0.2, 0.25) is 0 Å². The predicted octanol–water partition coefficient (Wildman–Crippen LogP) is 2.76. The molecular formula is C18H28N6. The van der Waals surface area contributed by atoms with Crippen molar-refractivity contribution in [3.8, 4) is 5.82 Å². The molecule has 0 unspecified atom stereocenters. The van der Waals surface area contributed by atoms with Crippen molar-refractivity contribution in [2.75, 3.05) is 13.1 Å². The van der Waals surface area contributed by atoms with Crippen LogP contribution in [-0.2, 0) is 6.54 Å². The highest BCUT2D eigenvalue weighted by Crippen LogP contribution is 2.08. The molecule has 2 heterocycles. The van der Waals surface area contributed by atoms with Crippen molar-refractivity contribution in [1.29, 1.82) is 0 Å². The van der Waals surface area contributed by atoms with Gasteiger partial charge in [0.25, 0.3) is 0 Å². The maximum Gasteiger partial charge on any atom is 0.191 e. The zero-order valence-electron chi connectivity index (χ0n) is 14.9. The molecule has 0 saturated heterocycles. The van der Waals surface area contributed by atoms with Gasteiger partial charge < -0.3 is 10.6 Å². The summed E-state index contributed by atoms with van der Waals surface area (Å²) in [4.78, 5) is 13.1. The van der Waals surface area contributed by atoms with E-state index in [2.05, 4.69) is 46.4 Å². The molecule has 0 amide bonds. The molecule has 0 aliphatic carbocycles. The van der Waals surface area contributed by atoms with Gasteiger partial charge in [-0.3, -0.25) is 4.57 Å². The molecule has 2 aromatic rings. The average molecular weight is 328 g/mol. The van der Waals surface area contributed by atoms with Crippen LogP contribution < -0.4 is 10.6 Å². The second-order valence-corrected chi connectivity index (χ2v) is 6.15. The van der Waals surface area contributed by atoms with Gasteiger partial charge in [-0.25, -0.2) is 15.0 Å². The van der Waals surface area contributed by atoms with E-state index in [1.54, 1.807) is 12.5 Å². The molecule has 6 nitrogen and oxygen atoms in total. The van der Waals surface area contributed by atoms with Crippen molar-refractivity contribution in [2.24, 2.45) is 10.9 Å². The summed E-state index contributed by atoms with van der Waals surface area (Å²) in [6.07, 6.45) is 9.57. The van der Waals surface area contributed by atoms with E-state index in [1.807, 2.05) is 29.1 Å². The van der Waals surface area contributed by atoms with E-state index < -0.39 is 0 Å². The molecule has 2 aromatic heterocycles. The van der Waals surface area contributed by atoms with E-state index in [0.29, 0.717) is 6.54 Å². The molecule has 0 atom stereocenters. The number of imidazole rings is 1. The Labute approximate surface area is 144 Å². The second kappa shape index (κ2) is 9.70. The summed E-state index contributed by atoms with van der Waals surface area (Å²) >= 11 is 0. The summed E-state index contributed by atoms with van der Waals surface area (Å²) in [6, 6.07) is 4.03. The molecule has 0 aliphatic heterocycles. The lowest BCUT2D eigenvalue weighted by atomic mass is 10.1. The standard InChI is InChI=1S/C18H28N6/c1-4-20-18(22-8-5-6-15(2)3)23-13-16-7-9-21-17(12-16)24-11-10-19-14-24/h7,9-12,14-15H,4-6,8,13H2,1-3H3,(H2,20,22,23). The first-order chi connectivity index (χ1) is 11.7. The summed E-state index contributed by atoms with van der Waals surface area (Å²) in [5, 5.41) is 6.69. The largest absolute Gasteiger partial charge is 0.357 e. The van der Waals surface area contributed by atoms with Gasteiger partial charge in [0, 0.05) is 31.7 Å². The molecule has 0 saturated carbocycles. The summed E-state index contributed by atoms with van der Waals surface area (Å²) in [6.45, 7) is 8.99. The molecule has 0 fully saturated rings. The predicted molar refractivity (Wildman–Crippen MR) is 98.2 cm³/mol. The Hall–Kier alpha value is -2.37. The van der Waals surface area contributed by atoms with Crippen molar-refractivity contribution >= 4 is 5.96 Å². The summed E-state index contributed by atoms with van der Waals surface area (Å²) in [5.41, 5.74) is 1.12. The van der Waals surface area contributed by atoms with Crippen LogP contribution in [0.2, 0.25) is 0 Å². The smallest absolute Gasteiger partial charge is 0.191 e. The zero-order chi connectivity index (χ0) is 17.2. The van der Waals surface area contributed by atoms with Crippen LogP contribution >= 0.6 is 0 Å². The van der Waals surface area contributed by atoms with Crippen molar-refractivity contribution in [2.45, 2.75) is 40.2 Å². The molecular weight excluding hydrogens is 300 g/mol. The molecule has 0 radical (unpaired) electrons. The number of rotatable bonds is 8. The van der Waals surface area contributed by atoms with E-state index >= 15 is 0 Å². The Kier molecular flexibility index (Phi) is 7.26. The molecule has 24 heavy (non-hydrogen) atoms. The van der Waals surface area contributed by atoms with E-state index in [-0.39, 0.29) is 0 Å². The first-order valence-corrected chi connectivity index (χ1v) is 8.64. The third-order valence-corrected chi connectivity index (χ3v) is 3.59. The number of hydrogen-bond acceptors (Lipinski definition) is 3. The van der Waals surface area contributed by atoms with Crippen LogP contribution in [-0.4, -0.2) is 33.6 Å². The highest BCUT2D eigenvalue weighted by Gasteiger charge is 2.01. The Morgan fingerprint density at radius 2 is 2.17 bits per heavy atom. The zero-order valence-corrected chi connectivity index (χ0v) is 14.9. The maximum absolute atomic E-state index is 4.66. The Morgan fingerprint density at radius 3 is 2.88 bits per heavy atom. The Balaban J connectivity index is 1.94. The Morgan fingerprint density at radius 1 is 1.29 bits per heavy atom. The van der Waals surface area contributed by atoms with E-state index in [4.69, 9.17) is 0 Å². The van der Waals surface area contributed by atoms with Crippen LogP contribution in [0.15, 0.2) is 42.0 Å². The van der Waals surface area contributed by atoms with Crippen LogP contribution in [0.4, 0.5) is 0 Å². The fraction of sp³-hybridized carbons (Fsp3) is 0.500. The minimum atomic E-state index is 0.615. The second-order valence-electron chi connectivity index (χ2n) is 6.15. The highest BCUT2D eigenvalue weighted by molar-refractivity contribution is 5.79. The van der Waals surface area contributed by atoms with Gasteiger partial charge in [0.1, 0.15) is 12.1 Å². The molecule has 0 spiro atoms. The van der Waals surface area contributed by atoms with Crippen molar-refractivity contribution in [3.63, 3.8) is 0 Å². The van der Waals surface area contributed by atoms with Crippen LogP contribution in [0, 0.1) is 5.92 Å². The fourth-order valence-electron chi connectivity index (χ4n) is 2.32. The molecule has 0 bridgehead atoms. The number of guanidine groups is 1. The van der Waals surface area contributed by atoms with E-state index in [9.17, 15) is 0 Å². The minimum Gasteiger partial charge on any atom is -0.357 e. The maximum atomic E-state index is 4.66. The lowest BCUT2D eigenvalue weighted by Crippen LogP contribution is -2.37. The van der Waals surface area contributed by atoms with Gasteiger partial charge in [-0.1, -0.05) is 13.8 Å². The van der Waals surface area contributed by atoms with E-state index in [0.717, 1.165) is 42.8 Å². The number of nitrogens with one attached hydrogen (secondary N) is 2. The first kappa shape index (κ1) is 18.0. The van der Waals surface area contributed by atoms with Crippen LogP contribution in [0.5, 0.6) is 0 Å². The van der Waals surface area contributed by atoms with Gasteiger partial charge in [-0.05, 0) is 43.4 Å². The highest BCUT2D eigenvalue weighted by atomic mass is 15.2. The molecule has 0 aromatic carbocycles. The fourth-order valence-corrected chi connectivity index (χ4v) is 2.32. The van der Waals surface area contributed by atoms with Gasteiger partial charge >= 0.3 is 0 Å². The van der Waals surface area contributed by atoms with Crippen molar-refractivity contribution in [3.05, 3.63) is 42.6 Å². The monoisotopic (exact) mass is 328 g/mol. The molecule has 130 valence electrons. The molecule has 2 N–H and O–H groups in total. The topological polar surface area (TPSA) is 67.1 Å². The van der Waals surface area contributed by atoms with Gasteiger partial charge in [0.05, 0.1) is 6.54 Å². The van der Waals surface area contributed by atoms with Gasteiger partial charge in [-0.15, -0.1) is 0 Å². The summed E-state index contributed by atoms with van der Waals surface area (Å²) in [5.74, 6) is 2.46. The van der Waals surface area contributed by atoms with Gasteiger partial charge in [-0.2, -0.15) is 0 Å². The third-order valence-electron chi connectivity index (χ3n) is 3.59. The number of aromatic nitrogens is 3. The van der Waals surface area contributed by atoms with Crippen molar-refractivity contribution in [1.82, 2.24) is 25.2 Å². The SMILES string of the molecule is CCNC(=NCc1ccnc(-n2ccnc2)c1)NCCCC(C)C. The third kappa shape index (κ3) is 6.02. The lowest BCUT2D eigenvalue weighted by molar-refractivity contribution is 0.549. The minimum absolute atomic E-state index is 0.615. The number of hydrogen-bond donors (Lipinski definition) is 2. The normalized spacial score (nSPS) is 11.8. The molecule has 2 rings (SSSR count). The number of nitrogens with zero attached hydrogens (tertiary/aromatic N) is 4. The summed E-state index contributed by atoms with van der Waals surface area (Å²) in [7, 11) is 0. The number of aliphatic imine (C=N–C) groups is 1. The Bertz CT molecular complexity index is 618. The molecule has 0 aliphatic rings. The van der Waals surface area contributed by atoms with E-state index in [1.165, 1.54) is 6.42 Å². The first-order valence-electron chi connectivity index (χ1n) is 8.64. The average Bonchev–Trinajstić information content (AvgIpc) is 3.11. The van der Waals surface area contributed by atoms with Crippen LogP contribution in [0.25, 0.3) is 5.82 Å². The quantitative estimate of drug-likeness (QED) is 0.444. The lowest BCUT2D eigenvalue weighted by Gasteiger charge is -2.12. The number of pyridine rings is 1.